The highest BCUT2D eigenvalue weighted by atomic mass is 35.5. The van der Waals surface area contributed by atoms with Crippen molar-refractivity contribution in [2.24, 2.45) is 5.92 Å². The Morgan fingerprint density at radius 2 is 1.97 bits per heavy atom. The molecule has 4 atom stereocenters. The molecule has 3 amide bonds. The summed E-state index contributed by atoms with van der Waals surface area (Å²) in [5, 5.41) is 12.0. The van der Waals surface area contributed by atoms with E-state index in [0.717, 1.165) is 12.5 Å². The summed E-state index contributed by atoms with van der Waals surface area (Å²) in [6.45, 7) is 7.96. The van der Waals surface area contributed by atoms with E-state index in [2.05, 4.69) is 26.2 Å². The lowest BCUT2D eigenvalue weighted by Crippen LogP contribution is -2.68. The normalized spacial score (nSPS) is 24.3. The zero-order valence-electron chi connectivity index (χ0n) is 22.5. The number of nitrogens with zero attached hydrogens (tertiary/aromatic N) is 2. The fourth-order valence-electron chi connectivity index (χ4n) is 4.79. The number of carbonyl (C=O) groups excluding carboxylic acids is 2. The number of carbonyl (C=O) groups is 2. The maximum atomic E-state index is 13.2. The van der Waals surface area contributed by atoms with Crippen LogP contribution >= 0.6 is 23.2 Å². The molecule has 3 rings (SSSR count). The monoisotopic (exact) mass is 596 g/mol. The Hall–Kier alpha value is -1.99. The molecule has 2 aliphatic rings. The molecule has 2 heterocycles. The molecule has 0 spiro atoms. The van der Waals surface area contributed by atoms with Crippen molar-refractivity contribution in [3.63, 3.8) is 0 Å². The molecule has 0 aliphatic carbocycles. The van der Waals surface area contributed by atoms with Crippen LogP contribution in [0.1, 0.15) is 44.5 Å². The number of alkyl halides is 4. The van der Waals surface area contributed by atoms with Gasteiger partial charge in [0, 0.05) is 45.7 Å². The molecule has 0 radical (unpaired) electrons. The van der Waals surface area contributed by atoms with Crippen LogP contribution in [-0.4, -0.2) is 85.4 Å². The van der Waals surface area contributed by atoms with Crippen molar-refractivity contribution >= 4 is 35.3 Å². The largest absolute Gasteiger partial charge is 0.444 e. The standard InChI is InChI=1S/C25H37Cl2F3N6O3/c1-24(2,3)39-23(38)35(4)13-15-7-10-36(14-15)21-19(33-22(37)31-9-8-26)12-32-20(34-21)16-5-6-17(18(27)11-16)25(28,29)30/h5-6,11,15,19-21,32,34H,7-10,12-14H2,1-4H3,(H2,31,33,37). The zero-order chi connectivity index (χ0) is 29.0. The number of likely N-dealkylation sites (tertiary alicyclic amines) is 1. The van der Waals surface area contributed by atoms with Gasteiger partial charge in [-0.25, -0.2) is 9.59 Å². The number of urea groups is 1. The lowest BCUT2D eigenvalue weighted by atomic mass is 10.0. The summed E-state index contributed by atoms with van der Waals surface area (Å²) in [5.41, 5.74) is -0.943. The van der Waals surface area contributed by atoms with E-state index in [0.29, 0.717) is 38.3 Å². The Bertz CT molecular complexity index is 1010. The minimum absolute atomic E-state index is 0.170. The van der Waals surface area contributed by atoms with Gasteiger partial charge >= 0.3 is 18.3 Å². The minimum Gasteiger partial charge on any atom is -0.444 e. The summed E-state index contributed by atoms with van der Waals surface area (Å²) >= 11 is 11.7. The molecule has 0 saturated carbocycles. The molecule has 39 heavy (non-hydrogen) atoms. The average molecular weight is 598 g/mol. The number of hydrogen-bond acceptors (Lipinski definition) is 6. The second kappa shape index (κ2) is 13.1. The summed E-state index contributed by atoms with van der Waals surface area (Å²) < 4.78 is 45.1. The second-order valence-corrected chi connectivity index (χ2v) is 11.7. The van der Waals surface area contributed by atoms with Crippen LogP contribution in [0.2, 0.25) is 5.02 Å². The number of benzene rings is 1. The zero-order valence-corrected chi connectivity index (χ0v) is 24.0. The number of nitrogens with one attached hydrogen (secondary N) is 4. The summed E-state index contributed by atoms with van der Waals surface area (Å²) in [6.07, 6.45) is -4.96. The van der Waals surface area contributed by atoms with Crippen molar-refractivity contribution in [1.29, 1.82) is 0 Å². The molecule has 220 valence electrons. The first kappa shape index (κ1) is 31.5. The highest BCUT2D eigenvalue weighted by Gasteiger charge is 2.40. The third-order valence-electron chi connectivity index (χ3n) is 6.54. The summed E-state index contributed by atoms with van der Waals surface area (Å²) in [4.78, 5) is 28.6. The van der Waals surface area contributed by atoms with Crippen LogP contribution in [0, 0.1) is 5.92 Å². The third-order valence-corrected chi connectivity index (χ3v) is 7.04. The van der Waals surface area contributed by atoms with Crippen LogP contribution in [0.25, 0.3) is 0 Å². The highest BCUT2D eigenvalue weighted by Crippen LogP contribution is 2.36. The number of amides is 3. The molecular weight excluding hydrogens is 560 g/mol. The third kappa shape index (κ3) is 9.01. The highest BCUT2D eigenvalue weighted by molar-refractivity contribution is 6.31. The first-order valence-electron chi connectivity index (χ1n) is 12.8. The predicted octanol–water partition coefficient (Wildman–Crippen LogP) is 3.97. The van der Waals surface area contributed by atoms with Gasteiger partial charge in [-0.15, -0.1) is 11.6 Å². The number of hydrogen-bond donors (Lipinski definition) is 4. The van der Waals surface area contributed by atoms with Crippen LogP contribution in [0.5, 0.6) is 0 Å². The maximum Gasteiger partial charge on any atom is 0.417 e. The van der Waals surface area contributed by atoms with Gasteiger partial charge in [0.1, 0.15) is 5.60 Å². The summed E-state index contributed by atoms with van der Waals surface area (Å²) in [5.74, 6) is 0.442. The van der Waals surface area contributed by atoms with E-state index in [4.69, 9.17) is 27.9 Å². The van der Waals surface area contributed by atoms with Gasteiger partial charge in [-0.1, -0.05) is 17.7 Å². The van der Waals surface area contributed by atoms with Gasteiger partial charge < -0.3 is 20.3 Å². The number of ether oxygens (including phenoxy) is 1. The van der Waals surface area contributed by atoms with Gasteiger partial charge in [0.25, 0.3) is 0 Å². The lowest BCUT2D eigenvalue weighted by Gasteiger charge is -2.43. The van der Waals surface area contributed by atoms with E-state index in [1.807, 2.05) is 20.8 Å². The van der Waals surface area contributed by atoms with Crippen LogP contribution in [0.15, 0.2) is 18.2 Å². The van der Waals surface area contributed by atoms with E-state index in [-0.39, 0.29) is 35.1 Å². The van der Waals surface area contributed by atoms with Crippen molar-refractivity contribution in [2.45, 2.75) is 57.3 Å². The van der Waals surface area contributed by atoms with Crippen molar-refractivity contribution in [1.82, 2.24) is 31.1 Å². The quantitative estimate of drug-likeness (QED) is 0.356. The van der Waals surface area contributed by atoms with E-state index >= 15 is 0 Å². The lowest BCUT2D eigenvalue weighted by molar-refractivity contribution is -0.137. The molecule has 1 aromatic rings. The van der Waals surface area contributed by atoms with Gasteiger partial charge in [-0.3, -0.25) is 15.5 Å². The molecule has 0 aromatic heterocycles. The maximum absolute atomic E-state index is 13.2. The molecule has 2 saturated heterocycles. The topological polar surface area (TPSA) is 98.0 Å². The van der Waals surface area contributed by atoms with Gasteiger partial charge in [0.05, 0.1) is 29.0 Å². The Morgan fingerprint density at radius 3 is 2.59 bits per heavy atom. The van der Waals surface area contributed by atoms with E-state index < -0.39 is 29.6 Å². The molecule has 14 heteroatoms. The van der Waals surface area contributed by atoms with Crippen LogP contribution < -0.4 is 21.3 Å². The molecule has 4 N–H and O–H groups in total. The van der Waals surface area contributed by atoms with Crippen molar-refractivity contribution in [3.05, 3.63) is 34.3 Å². The first-order chi connectivity index (χ1) is 18.2. The van der Waals surface area contributed by atoms with E-state index in [1.54, 1.807) is 11.9 Å². The fourth-order valence-corrected chi connectivity index (χ4v) is 5.18. The predicted molar refractivity (Wildman–Crippen MR) is 144 cm³/mol. The number of halogens is 5. The van der Waals surface area contributed by atoms with Gasteiger partial charge in [-0.05, 0) is 50.8 Å². The Kier molecular flexibility index (Phi) is 10.6. The number of rotatable bonds is 7. The Morgan fingerprint density at radius 1 is 1.26 bits per heavy atom. The first-order valence-corrected chi connectivity index (χ1v) is 13.7. The Labute approximate surface area is 237 Å². The van der Waals surface area contributed by atoms with Gasteiger partial charge in [0.15, 0.2) is 0 Å². The molecule has 2 fully saturated rings. The van der Waals surface area contributed by atoms with Crippen molar-refractivity contribution in [3.8, 4) is 0 Å². The molecule has 9 nitrogen and oxygen atoms in total. The molecule has 2 aliphatic heterocycles. The second-order valence-electron chi connectivity index (χ2n) is 10.9. The molecule has 0 bridgehead atoms. The minimum atomic E-state index is -4.55. The molecular formula is C25H37Cl2F3N6O3. The molecule has 1 aromatic carbocycles. The summed E-state index contributed by atoms with van der Waals surface area (Å²) in [6, 6.07) is 2.93. The van der Waals surface area contributed by atoms with Gasteiger partial charge in [-0.2, -0.15) is 13.2 Å². The SMILES string of the molecule is CN(CC1CCN(C2NC(c3ccc(C(F)(F)F)c(Cl)c3)NCC2NC(=O)NCCCl)C1)C(=O)OC(C)(C)C. The van der Waals surface area contributed by atoms with Crippen LogP contribution in [-0.2, 0) is 10.9 Å². The fraction of sp³-hybridized carbons (Fsp3) is 0.680. The van der Waals surface area contributed by atoms with Crippen molar-refractivity contribution in [2.75, 3.05) is 45.7 Å². The molecule has 4 unspecified atom stereocenters. The van der Waals surface area contributed by atoms with Crippen LogP contribution in [0.3, 0.4) is 0 Å². The summed E-state index contributed by atoms with van der Waals surface area (Å²) in [7, 11) is 1.70. The van der Waals surface area contributed by atoms with E-state index in [9.17, 15) is 22.8 Å². The van der Waals surface area contributed by atoms with E-state index in [1.165, 1.54) is 12.1 Å². The van der Waals surface area contributed by atoms with Gasteiger partial charge in [0.2, 0.25) is 0 Å². The Balaban J connectivity index is 1.72. The smallest absolute Gasteiger partial charge is 0.417 e. The average Bonchev–Trinajstić information content (AvgIpc) is 3.29. The van der Waals surface area contributed by atoms with Crippen LogP contribution in [0.4, 0.5) is 22.8 Å². The van der Waals surface area contributed by atoms with Crippen molar-refractivity contribution < 1.29 is 27.5 Å².